The van der Waals surface area contributed by atoms with Crippen LogP contribution in [-0.2, 0) is 9.59 Å². The summed E-state index contributed by atoms with van der Waals surface area (Å²) in [6, 6.07) is 5.37. The van der Waals surface area contributed by atoms with Gasteiger partial charge in [-0.1, -0.05) is 19.9 Å². The molecule has 0 saturated carbocycles. The number of rotatable bonds is 5. The van der Waals surface area contributed by atoms with Gasteiger partial charge in [0.05, 0.1) is 18.8 Å². The maximum absolute atomic E-state index is 13.2. The van der Waals surface area contributed by atoms with Crippen LogP contribution in [0, 0.1) is 5.92 Å². The van der Waals surface area contributed by atoms with Crippen molar-refractivity contribution in [1.82, 2.24) is 10.2 Å². The molecular formula is C19H25N3O4. The van der Waals surface area contributed by atoms with Crippen LogP contribution < -0.4 is 15.0 Å². The highest BCUT2D eigenvalue weighted by molar-refractivity contribution is 6.19. The van der Waals surface area contributed by atoms with Gasteiger partial charge in [-0.25, -0.2) is 9.69 Å². The fraction of sp³-hybridized carbons (Fsp3) is 0.526. The van der Waals surface area contributed by atoms with Crippen molar-refractivity contribution < 1.29 is 19.1 Å². The van der Waals surface area contributed by atoms with Crippen molar-refractivity contribution in [3.05, 3.63) is 24.3 Å². The highest BCUT2D eigenvalue weighted by atomic mass is 16.5. The summed E-state index contributed by atoms with van der Waals surface area (Å²) in [6.45, 7) is 4.45. The van der Waals surface area contributed by atoms with Crippen LogP contribution in [0.25, 0.3) is 0 Å². The predicted molar refractivity (Wildman–Crippen MR) is 97.0 cm³/mol. The fourth-order valence-corrected chi connectivity index (χ4v) is 3.82. The van der Waals surface area contributed by atoms with Crippen molar-refractivity contribution >= 4 is 23.5 Å². The van der Waals surface area contributed by atoms with Crippen molar-refractivity contribution in [3.8, 4) is 5.75 Å². The molecule has 1 aromatic rings. The zero-order valence-corrected chi connectivity index (χ0v) is 15.4. The smallest absolute Gasteiger partial charge is 0.329 e. The number of nitrogens with zero attached hydrogens (tertiary/aromatic N) is 2. The molecule has 0 spiro atoms. The van der Waals surface area contributed by atoms with Crippen LogP contribution >= 0.6 is 0 Å². The van der Waals surface area contributed by atoms with Crippen LogP contribution in [0.4, 0.5) is 10.5 Å². The van der Waals surface area contributed by atoms with E-state index >= 15 is 0 Å². The van der Waals surface area contributed by atoms with Gasteiger partial charge in [-0.3, -0.25) is 9.59 Å². The first-order valence-corrected chi connectivity index (χ1v) is 9.10. The summed E-state index contributed by atoms with van der Waals surface area (Å²) in [5.74, 6) is 0.104. The number of hydrogen-bond donors (Lipinski definition) is 1. The summed E-state index contributed by atoms with van der Waals surface area (Å²) in [7, 11) is 1.53. The summed E-state index contributed by atoms with van der Waals surface area (Å²) >= 11 is 0. The minimum atomic E-state index is -0.646. The topological polar surface area (TPSA) is 79.0 Å². The van der Waals surface area contributed by atoms with E-state index in [1.54, 1.807) is 29.2 Å². The third-order valence-corrected chi connectivity index (χ3v) is 5.31. The minimum absolute atomic E-state index is 0.00223. The average Bonchev–Trinajstić information content (AvgIpc) is 3.06. The van der Waals surface area contributed by atoms with E-state index in [2.05, 4.69) is 5.32 Å². The van der Waals surface area contributed by atoms with E-state index in [-0.39, 0.29) is 23.8 Å². The van der Waals surface area contributed by atoms with Gasteiger partial charge in [0.1, 0.15) is 11.8 Å². The van der Waals surface area contributed by atoms with Gasteiger partial charge in [-0.15, -0.1) is 0 Å². The molecule has 1 N–H and O–H groups in total. The molecule has 140 valence electrons. The molecule has 2 aliphatic heterocycles. The maximum atomic E-state index is 13.2. The number of carbonyl (C=O) groups excluding carboxylic acids is 3. The van der Waals surface area contributed by atoms with Gasteiger partial charge in [0.2, 0.25) is 5.91 Å². The normalized spacial score (nSPS) is 22.5. The number of urea groups is 1. The molecule has 0 radical (unpaired) electrons. The molecule has 0 bridgehead atoms. The number of likely N-dealkylation sites (tertiary alicyclic amines) is 1. The van der Waals surface area contributed by atoms with Gasteiger partial charge in [0, 0.05) is 18.5 Å². The Hall–Kier alpha value is -2.57. The summed E-state index contributed by atoms with van der Waals surface area (Å²) in [4.78, 5) is 41.3. The van der Waals surface area contributed by atoms with Gasteiger partial charge >= 0.3 is 6.03 Å². The Morgan fingerprint density at radius 1 is 1.31 bits per heavy atom. The molecule has 7 heteroatoms. The number of imide groups is 1. The van der Waals surface area contributed by atoms with Gasteiger partial charge in [0.25, 0.3) is 5.91 Å². The first-order chi connectivity index (χ1) is 12.5. The number of fused-ring (bicyclic) bond motifs is 1. The molecule has 2 atom stereocenters. The molecule has 1 aromatic carbocycles. The Bertz CT molecular complexity index is 716. The van der Waals surface area contributed by atoms with E-state index in [0.29, 0.717) is 24.4 Å². The number of nitrogens with one attached hydrogen (secondary N) is 1. The molecule has 2 heterocycles. The monoisotopic (exact) mass is 359 g/mol. The van der Waals surface area contributed by atoms with Gasteiger partial charge in [0.15, 0.2) is 0 Å². The fourth-order valence-electron chi connectivity index (χ4n) is 3.82. The molecule has 26 heavy (non-hydrogen) atoms. The third kappa shape index (κ3) is 3.02. The molecule has 0 unspecified atom stereocenters. The van der Waals surface area contributed by atoms with Crippen molar-refractivity contribution in [2.75, 3.05) is 18.6 Å². The Balaban J connectivity index is 1.90. The van der Waals surface area contributed by atoms with E-state index in [0.717, 1.165) is 17.7 Å². The molecule has 2 aliphatic rings. The number of benzene rings is 1. The molecule has 2 saturated heterocycles. The van der Waals surface area contributed by atoms with E-state index in [1.807, 2.05) is 13.8 Å². The lowest BCUT2D eigenvalue weighted by Gasteiger charge is -2.37. The zero-order valence-electron chi connectivity index (χ0n) is 15.4. The highest BCUT2D eigenvalue weighted by Crippen LogP contribution is 2.30. The molecule has 0 aromatic heterocycles. The maximum Gasteiger partial charge on any atom is 0.329 e. The second kappa shape index (κ2) is 7.35. The predicted octanol–water partition coefficient (Wildman–Crippen LogP) is 2.16. The molecule has 7 nitrogen and oxygen atoms in total. The zero-order chi connectivity index (χ0) is 18.8. The lowest BCUT2D eigenvalue weighted by Crippen LogP contribution is -2.65. The number of anilines is 1. The molecular weight excluding hydrogens is 334 g/mol. The molecule has 3 rings (SSSR count). The Morgan fingerprint density at radius 3 is 2.69 bits per heavy atom. The van der Waals surface area contributed by atoms with Gasteiger partial charge in [-0.2, -0.15) is 0 Å². The van der Waals surface area contributed by atoms with E-state index in [4.69, 9.17) is 4.74 Å². The van der Waals surface area contributed by atoms with Crippen LogP contribution in [0.15, 0.2) is 24.3 Å². The summed E-state index contributed by atoms with van der Waals surface area (Å²) < 4.78 is 5.19. The van der Waals surface area contributed by atoms with Crippen LogP contribution in [0.3, 0.4) is 0 Å². The van der Waals surface area contributed by atoms with Crippen LogP contribution in [0.2, 0.25) is 0 Å². The van der Waals surface area contributed by atoms with Crippen LogP contribution in [0.5, 0.6) is 5.75 Å². The number of methoxy groups -OCH3 is 1. The minimum Gasteiger partial charge on any atom is -0.497 e. The average molecular weight is 359 g/mol. The lowest BCUT2D eigenvalue weighted by atomic mass is 9.99. The van der Waals surface area contributed by atoms with Crippen LogP contribution in [-0.4, -0.2) is 48.5 Å². The highest BCUT2D eigenvalue weighted by Gasteiger charge is 2.50. The first kappa shape index (κ1) is 18.2. The van der Waals surface area contributed by atoms with Crippen molar-refractivity contribution in [1.29, 1.82) is 0 Å². The quantitative estimate of drug-likeness (QED) is 0.874. The van der Waals surface area contributed by atoms with Gasteiger partial charge in [-0.05, 0) is 31.4 Å². The van der Waals surface area contributed by atoms with Crippen molar-refractivity contribution in [3.63, 3.8) is 0 Å². The Labute approximate surface area is 153 Å². The first-order valence-electron chi connectivity index (χ1n) is 9.10. The second-order valence-corrected chi connectivity index (χ2v) is 6.71. The summed E-state index contributed by atoms with van der Waals surface area (Å²) in [6.07, 6.45) is 2.08. The number of carbonyl (C=O) groups is 3. The number of hydrogen-bond acceptors (Lipinski definition) is 4. The lowest BCUT2D eigenvalue weighted by molar-refractivity contribution is -0.141. The number of ether oxygens (including phenoxy) is 1. The Morgan fingerprint density at radius 2 is 2.04 bits per heavy atom. The van der Waals surface area contributed by atoms with E-state index in [9.17, 15) is 14.4 Å². The summed E-state index contributed by atoms with van der Waals surface area (Å²) in [5, 5.41) is 2.89. The molecule has 4 amide bonds. The SMILES string of the molecule is CCC(CC)C(=O)N1CC[C@@H]2NC(=O)N(c3cccc(OC)c3)C(=O)[C@H]21. The molecule has 0 aliphatic carbocycles. The van der Waals surface area contributed by atoms with E-state index < -0.39 is 12.1 Å². The third-order valence-electron chi connectivity index (χ3n) is 5.31. The van der Waals surface area contributed by atoms with Crippen molar-refractivity contribution in [2.45, 2.75) is 45.2 Å². The standard InChI is InChI=1S/C19H25N3O4/c1-4-12(5-2)17(23)21-10-9-15-16(21)18(24)22(19(25)20-15)13-7-6-8-14(11-13)26-3/h6-8,11-12,15-16H,4-5,9-10H2,1-3H3,(H,20,25)/t15-,16-/m0/s1. The summed E-state index contributed by atoms with van der Waals surface area (Å²) in [5.41, 5.74) is 0.437. The van der Waals surface area contributed by atoms with Gasteiger partial charge < -0.3 is 15.0 Å². The van der Waals surface area contributed by atoms with Crippen LogP contribution in [0.1, 0.15) is 33.1 Å². The largest absolute Gasteiger partial charge is 0.497 e. The molecule has 2 fully saturated rings. The Kier molecular flexibility index (Phi) is 5.15. The second-order valence-electron chi connectivity index (χ2n) is 6.71. The van der Waals surface area contributed by atoms with E-state index in [1.165, 1.54) is 7.11 Å². The number of amides is 4. The van der Waals surface area contributed by atoms with Crippen molar-refractivity contribution in [2.24, 2.45) is 5.92 Å².